The molecule has 0 aliphatic rings. The van der Waals surface area contributed by atoms with Gasteiger partial charge in [0.15, 0.2) is 0 Å². The second kappa shape index (κ2) is 29.2. The summed E-state index contributed by atoms with van der Waals surface area (Å²) in [4.78, 5) is 0. The zero-order valence-electron chi connectivity index (χ0n) is 1.90. The molecule has 0 saturated carbocycles. The van der Waals surface area contributed by atoms with Crippen LogP contribution in [-0.2, 0) is 90.0 Å². The van der Waals surface area contributed by atoms with Crippen LogP contribution in [0.25, 0.3) is 0 Å². The number of hydrogen-bond acceptors (Lipinski definition) is 0. The number of hydrogen-bond donors (Lipinski definition) is 0. The normalized spacial score (nSPS) is 0. The average Bonchev–Trinajstić information content (AvgIpc) is 0. The SMILES string of the molecule is [Cr].[Mo].[Ni].[Ni].[V]. The molecule has 0 amide bonds. The molecule has 0 nitrogen and oxygen atoms in total. The predicted octanol–water partition coefficient (Wildman–Crippen LogP) is -0.0125. The van der Waals surface area contributed by atoms with E-state index in [1.807, 2.05) is 0 Å². The molecule has 0 aromatic rings. The third-order valence-electron chi connectivity index (χ3n) is 0. The molecule has 0 spiro atoms. The smallest absolute Gasteiger partial charge is 0 e. The van der Waals surface area contributed by atoms with Gasteiger partial charge in [0, 0.05) is 90.0 Å². The molecule has 37 valence electrons. The third kappa shape index (κ3) is 20.0. The molecule has 0 N–H and O–H groups in total. The molecule has 0 heterocycles. The first-order valence-electron chi connectivity index (χ1n) is 0. The Morgan fingerprint density at radius 1 is 0.800 bits per heavy atom. The molecule has 0 rings (SSSR count). The standard InChI is InChI=1S/Cr.Mo.2Ni.V. The molecule has 0 aromatic carbocycles. The molecule has 0 aliphatic heterocycles. The molecule has 0 bridgehead atoms. The monoisotopic (exact) mass is 317 g/mol. The van der Waals surface area contributed by atoms with Crippen LogP contribution in [0.4, 0.5) is 0 Å². The van der Waals surface area contributed by atoms with Crippen molar-refractivity contribution in [1.29, 1.82) is 0 Å². The fraction of sp³-hybridized carbons (Fsp3) is 0. The van der Waals surface area contributed by atoms with Gasteiger partial charge >= 0.3 is 0 Å². The van der Waals surface area contributed by atoms with Crippen molar-refractivity contribution in [1.82, 2.24) is 0 Å². The van der Waals surface area contributed by atoms with Crippen LogP contribution in [0.2, 0.25) is 0 Å². The second-order valence-electron chi connectivity index (χ2n) is 0. The summed E-state index contributed by atoms with van der Waals surface area (Å²) >= 11 is 0. The Labute approximate surface area is 88.7 Å². The third-order valence-corrected chi connectivity index (χ3v) is 0. The summed E-state index contributed by atoms with van der Waals surface area (Å²) < 4.78 is 0. The first-order valence-corrected chi connectivity index (χ1v) is 0. The molecule has 0 aliphatic carbocycles. The first-order chi connectivity index (χ1) is 0. The van der Waals surface area contributed by atoms with E-state index in [9.17, 15) is 0 Å². The Balaban J connectivity index is 0. The predicted molar refractivity (Wildman–Crippen MR) is 0 cm³/mol. The summed E-state index contributed by atoms with van der Waals surface area (Å²) in [5.41, 5.74) is 0. The van der Waals surface area contributed by atoms with Crippen LogP contribution in [0.5, 0.6) is 0 Å². The summed E-state index contributed by atoms with van der Waals surface area (Å²) in [7, 11) is 0. The second-order valence-corrected chi connectivity index (χ2v) is 0. The van der Waals surface area contributed by atoms with E-state index in [-0.39, 0.29) is 90.0 Å². The van der Waals surface area contributed by atoms with Crippen LogP contribution < -0.4 is 0 Å². The Hall–Kier alpha value is 2.79. The van der Waals surface area contributed by atoms with Gasteiger partial charge in [0.25, 0.3) is 0 Å². The maximum Gasteiger partial charge on any atom is 0 e. The fourth-order valence-electron chi connectivity index (χ4n) is 0. The molecule has 5 heteroatoms. The zero-order chi connectivity index (χ0) is 0. The van der Waals surface area contributed by atoms with E-state index in [1.54, 1.807) is 0 Å². The molecule has 0 fully saturated rings. The zero-order valence-corrected chi connectivity index (χ0v) is 8.55. The molecule has 0 unspecified atom stereocenters. The van der Waals surface area contributed by atoms with E-state index in [0.29, 0.717) is 0 Å². The van der Waals surface area contributed by atoms with E-state index in [0.717, 1.165) is 0 Å². The molecular weight excluding hydrogens is 316 g/mol. The average molecular weight is 316 g/mol. The van der Waals surface area contributed by atoms with Crippen LogP contribution in [0.3, 0.4) is 0 Å². The summed E-state index contributed by atoms with van der Waals surface area (Å²) in [6.07, 6.45) is 0. The minimum Gasteiger partial charge on any atom is 0 e. The molecule has 1 radical (unpaired) electrons. The van der Waals surface area contributed by atoms with Gasteiger partial charge in [0.2, 0.25) is 0 Å². The van der Waals surface area contributed by atoms with E-state index in [2.05, 4.69) is 0 Å². The van der Waals surface area contributed by atoms with Gasteiger partial charge in [-0.15, -0.1) is 0 Å². The van der Waals surface area contributed by atoms with Crippen LogP contribution >= 0.6 is 0 Å². The van der Waals surface area contributed by atoms with Crippen molar-refractivity contribution in [3.63, 3.8) is 0 Å². The molecule has 5 heavy (non-hydrogen) atoms. The van der Waals surface area contributed by atoms with E-state index >= 15 is 0 Å². The van der Waals surface area contributed by atoms with Gasteiger partial charge in [-0.3, -0.25) is 0 Å². The van der Waals surface area contributed by atoms with Crippen LogP contribution in [0.15, 0.2) is 0 Å². The topological polar surface area (TPSA) is 0 Å². The largest absolute Gasteiger partial charge is 0 e. The molecular formula is CrMoNi2V. The Kier molecular flexibility index (Phi) is 270. The summed E-state index contributed by atoms with van der Waals surface area (Å²) in [5, 5.41) is 0. The van der Waals surface area contributed by atoms with Crippen molar-refractivity contribution >= 4 is 0 Å². The summed E-state index contributed by atoms with van der Waals surface area (Å²) in [6.45, 7) is 0. The van der Waals surface area contributed by atoms with Gasteiger partial charge in [-0.2, -0.15) is 0 Å². The van der Waals surface area contributed by atoms with Gasteiger partial charge in [-0.1, -0.05) is 0 Å². The van der Waals surface area contributed by atoms with Crippen molar-refractivity contribution in [3.05, 3.63) is 0 Å². The fourth-order valence-corrected chi connectivity index (χ4v) is 0. The van der Waals surface area contributed by atoms with Gasteiger partial charge in [0.05, 0.1) is 0 Å². The van der Waals surface area contributed by atoms with Crippen molar-refractivity contribution < 1.29 is 90.0 Å². The first kappa shape index (κ1) is 46.1. The number of rotatable bonds is 0. The van der Waals surface area contributed by atoms with Gasteiger partial charge in [-0.05, 0) is 0 Å². The van der Waals surface area contributed by atoms with E-state index in [4.69, 9.17) is 0 Å². The van der Waals surface area contributed by atoms with Crippen molar-refractivity contribution in [2.24, 2.45) is 0 Å². The Bertz CT molecular complexity index is 9.61. The van der Waals surface area contributed by atoms with Gasteiger partial charge in [-0.25, -0.2) is 0 Å². The van der Waals surface area contributed by atoms with Crippen molar-refractivity contribution in [3.8, 4) is 0 Å². The van der Waals surface area contributed by atoms with Crippen LogP contribution in [0, 0.1) is 0 Å². The minimum atomic E-state index is 0. The van der Waals surface area contributed by atoms with Crippen molar-refractivity contribution in [2.45, 2.75) is 0 Å². The van der Waals surface area contributed by atoms with E-state index < -0.39 is 0 Å². The summed E-state index contributed by atoms with van der Waals surface area (Å²) in [5.74, 6) is 0. The Morgan fingerprint density at radius 3 is 0.800 bits per heavy atom. The van der Waals surface area contributed by atoms with Gasteiger partial charge in [0.1, 0.15) is 0 Å². The van der Waals surface area contributed by atoms with Gasteiger partial charge < -0.3 is 0 Å². The maximum absolute atomic E-state index is 0. The van der Waals surface area contributed by atoms with Crippen molar-refractivity contribution in [2.75, 3.05) is 0 Å². The van der Waals surface area contributed by atoms with E-state index in [1.165, 1.54) is 0 Å². The Morgan fingerprint density at radius 2 is 0.800 bits per heavy atom. The molecule has 0 aromatic heterocycles. The molecule has 0 atom stereocenters. The van der Waals surface area contributed by atoms with Crippen LogP contribution in [-0.4, -0.2) is 0 Å². The maximum atomic E-state index is 0. The quantitative estimate of drug-likeness (QED) is 0.552. The van der Waals surface area contributed by atoms with Crippen LogP contribution in [0.1, 0.15) is 0 Å². The summed E-state index contributed by atoms with van der Waals surface area (Å²) in [6, 6.07) is 0. The molecule has 0 saturated heterocycles. The minimum absolute atomic E-state index is 0.